The molecule has 6 nitrogen and oxygen atoms in total. The van der Waals surface area contributed by atoms with Crippen molar-refractivity contribution in [3.8, 4) is 11.5 Å². The zero-order valence-electron chi connectivity index (χ0n) is 12.4. The minimum Gasteiger partial charge on any atom is -0.504 e. The topological polar surface area (TPSA) is 96.2 Å². The zero-order chi connectivity index (χ0) is 16.4. The summed E-state index contributed by atoms with van der Waals surface area (Å²) in [7, 11) is 1.50. The lowest BCUT2D eigenvalue weighted by atomic mass is 9.58. The van der Waals surface area contributed by atoms with E-state index < -0.39 is 17.1 Å². The average molecular weight is 316 g/mol. The molecule has 1 aromatic carbocycles. The van der Waals surface area contributed by atoms with Gasteiger partial charge in [0, 0.05) is 19.6 Å². The summed E-state index contributed by atoms with van der Waals surface area (Å²) in [5.41, 5.74) is -0.968. The van der Waals surface area contributed by atoms with Gasteiger partial charge in [0.15, 0.2) is 17.3 Å². The number of aliphatic hydroxyl groups is 1. The van der Waals surface area contributed by atoms with Gasteiger partial charge in [0.05, 0.1) is 0 Å². The highest BCUT2D eigenvalue weighted by atomic mass is 16.5. The number of aromatic hydroxyl groups is 2. The van der Waals surface area contributed by atoms with Crippen LogP contribution in [0, 0.1) is 0 Å². The Kier molecular flexibility index (Phi) is 2.71. The fraction of sp³-hybridized carbons (Fsp3) is 0.353. The van der Waals surface area contributed by atoms with Crippen molar-refractivity contribution in [3.63, 3.8) is 0 Å². The number of phenols is 2. The number of hydrogen-bond acceptors (Lipinski definition) is 6. The standard InChI is InChI=1S/C17H16O6/c1-22-15-16(21)7-9-4-12(19)13(20)6-11(9)17(15)3-2-10(18)5-14(17)23-8-16/h2-6,15,19-21H,7-8H2,1H3/t15-,16-,17-/m1/s1. The van der Waals surface area contributed by atoms with E-state index in [2.05, 4.69) is 0 Å². The van der Waals surface area contributed by atoms with Crippen molar-refractivity contribution in [1.29, 1.82) is 0 Å². The molecule has 1 aliphatic heterocycles. The molecule has 6 heteroatoms. The zero-order valence-corrected chi connectivity index (χ0v) is 12.4. The maximum absolute atomic E-state index is 11.7. The van der Waals surface area contributed by atoms with E-state index in [1.807, 2.05) is 0 Å². The van der Waals surface area contributed by atoms with Gasteiger partial charge in [-0.1, -0.05) is 6.08 Å². The van der Waals surface area contributed by atoms with Gasteiger partial charge in [0.1, 0.15) is 29.5 Å². The summed E-state index contributed by atoms with van der Waals surface area (Å²) < 4.78 is 11.3. The van der Waals surface area contributed by atoms with Crippen LogP contribution in [0.4, 0.5) is 0 Å². The number of ether oxygens (including phenoxy) is 2. The summed E-state index contributed by atoms with van der Waals surface area (Å²) in [5.74, 6) is -0.345. The lowest BCUT2D eigenvalue weighted by Gasteiger charge is -2.55. The van der Waals surface area contributed by atoms with Gasteiger partial charge in [-0.15, -0.1) is 0 Å². The fourth-order valence-electron chi connectivity index (χ4n) is 4.07. The second-order valence-electron chi connectivity index (χ2n) is 6.30. The monoisotopic (exact) mass is 316 g/mol. The smallest absolute Gasteiger partial charge is 0.181 e. The van der Waals surface area contributed by atoms with E-state index in [-0.39, 0.29) is 30.3 Å². The van der Waals surface area contributed by atoms with E-state index in [0.717, 1.165) is 0 Å². The van der Waals surface area contributed by atoms with Crippen LogP contribution in [0.5, 0.6) is 11.5 Å². The predicted octanol–water partition coefficient (Wildman–Crippen LogP) is 0.691. The number of hydrogen-bond donors (Lipinski definition) is 3. The first kappa shape index (κ1) is 14.3. The fourth-order valence-corrected chi connectivity index (χ4v) is 4.07. The molecular formula is C17H16O6. The van der Waals surface area contributed by atoms with Gasteiger partial charge in [-0.2, -0.15) is 0 Å². The number of fused-ring (bicyclic) bond motifs is 2. The minimum absolute atomic E-state index is 0.0126. The maximum atomic E-state index is 11.7. The van der Waals surface area contributed by atoms with E-state index in [1.54, 1.807) is 6.08 Å². The lowest BCUT2D eigenvalue weighted by molar-refractivity contribution is -0.182. The molecular weight excluding hydrogens is 300 g/mol. The molecule has 0 radical (unpaired) electrons. The summed E-state index contributed by atoms with van der Waals surface area (Å²) >= 11 is 0. The summed E-state index contributed by atoms with van der Waals surface area (Å²) in [6.45, 7) is -0.0126. The Hall–Kier alpha value is -2.31. The first-order valence-electron chi connectivity index (χ1n) is 7.29. The Balaban J connectivity index is 2.06. The van der Waals surface area contributed by atoms with Crippen molar-refractivity contribution in [1.82, 2.24) is 0 Å². The van der Waals surface area contributed by atoms with Gasteiger partial charge in [-0.25, -0.2) is 0 Å². The SMILES string of the molecule is CO[C@@H]1[C@]2(O)COC3=CC(=O)C=C[C@@]31c1cc(O)c(O)cc1C2. The first-order valence-corrected chi connectivity index (χ1v) is 7.29. The summed E-state index contributed by atoms with van der Waals surface area (Å²) in [5, 5.41) is 30.8. The van der Waals surface area contributed by atoms with Gasteiger partial charge in [0.25, 0.3) is 0 Å². The highest BCUT2D eigenvalue weighted by molar-refractivity contribution is 6.01. The van der Waals surface area contributed by atoms with Crippen molar-refractivity contribution in [2.24, 2.45) is 0 Å². The molecule has 1 fully saturated rings. The van der Waals surface area contributed by atoms with Crippen LogP contribution in [0.2, 0.25) is 0 Å². The van der Waals surface area contributed by atoms with Gasteiger partial charge in [-0.3, -0.25) is 4.79 Å². The van der Waals surface area contributed by atoms with Crippen molar-refractivity contribution in [2.45, 2.75) is 23.5 Å². The molecule has 120 valence electrons. The molecule has 3 aliphatic rings. The van der Waals surface area contributed by atoms with E-state index in [9.17, 15) is 20.1 Å². The normalized spacial score (nSPS) is 34.3. The minimum atomic E-state index is -1.30. The molecule has 1 spiro atoms. The van der Waals surface area contributed by atoms with Crippen molar-refractivity contribution in [3.05, 3.63) is 47.2 Å². The van der Waals surface area contributed by atoms with Crippen molar-refractivity contribution in [2.75, 3.05) is 13.7 Å². The Morgan fingerprint density at radius 2 is 2.04 bits per heavy atom. The van der Waals surface area contributed by atoms with Crippen molar-refractivity contribution < 1.29 is 29.6 Å². The maximum Gasteiger partial charge on any atom is 0.181 e. The molecule has 3 N–H and O–H groups in total. The number of carbonyl (C=O) groups is 1. The Labute approximate surface area is 132 Å². The molecule has 0 saturated carbocycles. The summed E-state index contributed by atoms with van der Waals surface area (Å²) in [6.07, 6.45) is 3.98. The number of rotatable bonds is 1. The second kappa shape index (κ2) is 4.37. The van der Waals surface area contributed by atoms with Crippen LogP contribution in [0.25, 0.3) is 0 Å². The number of carbonyl (C=O) groups excluding carboxylic acids is 1. The highest BCUT2D eigenvalue weighted by Gasteiger charge is 2.62. The number of phenolic OH excluding ortho intramolecular Hbond substituents is 2. The summed E-state index contributed by atoms with van der Waals surface area (Å²) in [6, 6.07) is 2.88. The van der Waals surface area contributed by atoms with Gasteiger partial charge in [0.2, 0.25) is 0 Å². The van der Waals surface area contributed by atoms with Crippen LogP contribution in [-0.4, -0.2) is 46.5 Å². The van der Waals surface area contributed by atoms with E-state index >= 15 is 0 Å². The molecule has 0 aromatic heterocycles. The van der Waals surface area contributed by atoms with Gasteiger partial charge in [-0.05, 0) is 29.3 Å². The second-order valence-corrected chi connectivity index (χ2v) is 6.30. The predicted molar refractivity (Wildman–Crippen MR) is 79.1 cm³/mol. The Morgan fingerprint density at radius 3 is 2.78 bits per heavy atom. The molecule has 1 saturated heterocycles. The number of methoxy groups -OCH3 is 1. The molecule has 23 heavy (non-hydrogen) atoms. The molecule has 3 atom stereocenters. The van der Waals surface area contributed by atoms with Gasteiger partial charge < -0.3 is 24.8 Å². The van der Waals surface area contributed by atoms with Crippen LogP contribution in [0.15, 0.2) is 36.1 Å². The molecule has 2 aliphatic carbocycles. The van der Waals surface area contributed by atoms with E-state index in [1.165, 1.54) is 31.4 Å². The quantitative estimate of drug-likeness (QED) is 0.660. The molecule has 1 heterocycles. The number of benzene rings is 1. The first-order chi connectivity index (χ1) is 10.9. The van der Waals surface area contributed by atoms with E-state index in [0.29, 0.717) is 16.9 Å². The highest BCUT2D eigenvalue weighted by Crippen LogP contribution is 2.55. The average Bonchev–Trinajstić information content (AvgIpc) is 2.50. The van der Waals surface area contributed by atoms with Crippen LogP contribution in [0.3, 0.4) is 0 Å². The molecule has 2 bridgehead atoms. The largest absolute Gasteiger partial charge is 0.504 e. The number of ketones is 1. The molecule has 4 rings (SSSR count). The van der Waals surface area contributed by atoms with Gasteiger partial charge >= 0.3 is 0 Å². The molecule has 0 unspecified atom stereocenters. The van der Waals surface area contributed by atoms with Crippen LogP contribution >= 0.6 is 0 Å². The van der Waals surface area contributed by atoms with Crippen LogP contribution in [0.1, 0.15) is 11.1 Å². The van der Waals surface area contributed by atoms with Crippen molar-refractivity contribution >= 4 is 5.78 Å². The van der Waals surface area contributed by atoms with Crippen LogP contribution in [-0.2, 0) is 26.1 Å². The van der Waals surface area contributed by atoms with E-state index in [4.69, 9.17) is 9.47 Å². The number of allylic oxidation sites excluding steroid dienone is 2. The third-order valence-corrected chi connectivity index (χ3v) is 4.95. The molecule has 0 amide bonds. The Bertz CT molecular complexity index is 780. The third-order valence-electron chi connectivity index (χ3n) is 4.95. The van der Waals surface area contributed by atoms with Crippen LogP contribution < -0.4 is 0 Å². The molecule has 1 aromatic rings. The third kappa shape index (κ3) is 1.67. The Morgan fingerprint density at radius 1 is 1.30 bits per heavy atom. The summed E-state index contributed by atoms with van der Waals surface area (Å²) in [4.78, 5) is 11.7. The lowest BCUT2D eigenvalue weighted by Crippen LogP contribution is -2.66.